The van der Waals surface area contributed by atoms with E-state index in [1.807, 2.05) is 0 Å². The number of hydrogen-bond donors (Lipinski definition) is 1. The summed E-state index contributed by atoms with van der Waals surface area (Å²) < 4.78 is 12.7. The standard InChI is InChI=1S/C35H55NO4/c1-21(2)8-13-32(38)39-26-14-16-34(6)25(18-26)10-11-27-28(34)15-17-35(7)29(27)19-31-33(35)23(4)30(40-31)12-9-22(3)20-36-24(5)37/h10,21-22,26-29,31,33H,8-9,11-20H2,1-7H3,(H,36,37)/t22-,26-,27+,28-,29-,31+,33-,34-,35-/m0/s1. The fraction of sp³-hybridized carbons (Fsp3) is 0.829. The Morgan fingerprint density at radius 1 is 1.12 bits per heavy atom. The summed E-state index contributed by atoms with van der Waals surface area (Å²) in [5.41, 5.74) is 3.67. The molecule has 0 saturated heterocycles. The second-order valence-electron chi connectivity index (χ2n) is 15.1. The van der Waals surface area contributed by atoms with E-state index in [0.29, 0.717) is 35.7 Å². The van der Waals surface area contributed by atoms with E-state index in [4.69, 9.17) is 9.47 Å². The number of carbonyl (C=O) groups excluding carboxylic acids is 2. The summed E-state index contributed by atoms with van der Waals surface area (Å²) in [6, 6.07) is 0. The van der Waals surface area contributed by atoms with Crippen molar-refractivity contribution in [1.82, 2.24) is 5.32 Å². The number of esters is 1. The second kappa shape index (κ2) is 11.5. The molecule has 5 rings (SSSR count). The van der Waals surface area contributed by atoms with Gasteiger partial charge >= 0.3 is 5.97 Å². The number of hydrogen-bond acceptors (Lipinski definition) is 4. The van der Waals surface area contributed by atoms with Gasteiger partial charge in [0.05, 0.1) is 5.76 Å². The summed E-state index contributed by atoms with van der Waals surface area (Å²) in [7, 11) is 0. The lowest BCUT2D eigenvalue weighted by Gasteiger charge is -2.58. The van der Waals surface area contributed by atoms with E-state index in [0.717, 1.165) is 62.8 Å². The minimum absolute atomic E-state index is 0.00695. The summed E-state index contributed by atoms with van der Waals surface area (Å²) >= 11 is 0. The third-order valence-electron chi connectivity index (χ3n) is 12.1. The molecule has 0 radical (unpaired) electrons. The van der Waals surface area contributed by atoms with Crippen molar-refractivity contribution in [3.63, 3.8) is 0 Å². The first-order chi connectivity index (χ1) is 18.9. The summed E-state index contributed by atoms with van der Waals surface area (Å²) in [5.74, 6) is 5.02. The third-order valence-corrected chi connectivity index (χ3v) is 12.1. The van der Waals surface area contributed by atoms with Crippen LogP contribution in [0.15, 0.2) is 23.0 Å². The van der Waals surface area contributed by atoms with Crippen molar-refractivity contribution in [2.75, 3.05) is 6.54 Å². The van der Waals surface area contributed by atoms with E-state index in [1.165, 1.54) is 37.0 Å². The van der Waals surface area contributed by atoms with Gasteiger partial charge in [0.2, 0.25) is 5.91 Å². The van der Waals surface area contributed by atoms with Crippen molar-refractivity contribution in [2.45, 2.75) is 131 Å². The van der Waals surface area contributed by atoms with Crippen LogP contribution in [0.4, 0.5) is 0 Å². The highest BCUT2D eigenvalue weighted by Gasteiger charge is 2.63. The maximum atomic E-state index is 12.4. The Morgan fingerprint density at radius 2 is 1.90 bits per heavy atom. The van der Waals surface area contributed by atoms with Crippen LogP contribution in [0.3, 0.4) is 0 Å². The van der Waals surface area contributed by atoms with Crippen molar-refractivity contribution in [3.05, 3.63) is 23.0 Å². The number of ether oxygens (including phenoxy) is 2. The molecule has 0 aromatic heterocycles. The molecule has 4 aliphatic carbocycles. The number of amides is 1. The van der Waals surface area contributed by atoms with E-state index >= 15 is 0 Å². The SMILES string of the molecule is CC(=O)NC[C@@H](C)CCC1=C(C)[C@H]2[C@@H](C[C@H]3[C@@H]4CC=C5C[C@@H](OC(=O)CCC(C)C)CC[C@]5(C)[C@H]4CC[C@@]32C)O1. The maximum absolute atomic E-state index is 12.4. The lowest BCUT2D eigenvalue weighted by molar-refractivity contribution is -0.151. The Morgan fingerprint density at radius 3 is 2.62 bits per heavy atom. The molecule has 3 fully saturated rings. The van der Waals surface area contributed by atoms with Gasteiger partial charge in [-0.25, -0.2) is 0 Å². The van der Waals surface area contributed by atoms with Gasteiger partial charge in [-0.3, -0.25) is 9.59 Å². The molecule has 0 bridgehead atoms. The quantitative estimate of drug-likeness (QED) is 0.234. The Hall–Kier alpha value is -1.78. The van der Waals surface area contributed by atoms with Crippen LogP contribution < -0.4 is 5.32 Å². The fourth-order valence-electron chi connectivity index (χ4n) is 9.76. The number of nitrogens with one attached hydrogen (secondary N) is 1. The number of allylic oxidation sites excluding steroid dienone is 2. The molecule has 0 unspecified atom stereocenters. The third kappa shape index (κ3) is 5.52. The Balaban J connectivity index is 1.23. The van der Waals surface area contributed by atoms with Crippen LogP contribution in [0.25, 0.3) is 0 Å². The molecule has 0 aromatic rings. The summed E-state index contributed by atoms with van der Waals surface area (Å²) in [5, 5.41) is 2.96. The van der Waals surface area contributed by atoms with E-state index < -0.39 is 0 Å². The smallest absolute Gasteiger partial charge is 0.306 e. The molecule has 9 atom stereocenters. The summed E-state index contributed by atoms with van der Waals surface area (Å²) in [6.45, 7) is 16.3. The van der Waals surface area contributed by atoms with Gasteiger partial charge in [-0.15, -0.1) is 0 Å². The molecule has 224 valence electrons. The van der Waals surface area contributed by atoms with Gasteiger partial charge in [0.15, 0.2) is 0 Å². The summed E-state index contributed by atoms with van der Waals surface area (Å²) in [6.07, 6.45) is 14.5. The Labute approximate surface area is 243 Å². The van der Waals surface area contributed by atoms with Crippen molar-refractivity contribution in [1.29, 1.82) is 0 Å². The lowest BCUT2D eigenvalue weighted by atomic mass is 9.47. The molecule has 1 amide bonds. The Kier molecular flexibility index (Phi) is 8.52. The van der Waals surface area contributed by atoms with Gasteiger partial charge in [0.25, 0.3) is 0 Å². The van der Waals surface area contributed by atoms with Crippen molar-refractivity contribution in [3.8, 4) is 0 Å². The predicted octanol–water partition coefficient (Wildman–Crippen LogP) is 7.75. The van der Waals surface area contributed by atoms with Crippen molar-refractivity contribution in [2.24, 2.45) is 46.3 Å². The van der Waals surface area contributed by atoms with Crippen LogP contribution in [0, 0.1) is 46.3 Å². The van der Waals surface area contributed by atoms with Gasteiger partial charge in [-0.1, -0.05) is 46.3 Å². The highest BCUT2D eigenvalue weighted by Crippen LogP contribution is 2.69. The molecule has 5 heteroatoms. The number of rotatable bonds is 9. The van der Waals surface area contributed by atoms with E-state index in [-0.39, 0.29) is 23.4 Å². The molecule has 0 aromatic carbocycles. The average molecular weight is 554 g/mol. The highest BCUT2D eigenvalue weighted by atomic mass is 16.5. The molecule has 3 saturated carbocycles. The zero-order chi connectivity index (χ0) is 28.8. The molecule has 40 heavy (non-hydrogen) atoms. The number of fused-ring (bicyclic) bond motifs is 7. The fourth-order valence-corrected chi connectivity index (χ4v) is 9.76. The van der Waals surface area contributed by atoms with E-state index in [2.05, 4.69) is 52.9 Å². The normalized spacial score (nSPS) is 39.0. The van der Waals surface area contributed by atoms with Crippen LogP contribution in [0.2, 0.25) is 0 Å². The van der Waals surface area contributed by atoms with Gasteiger partial charge in [0, 0.05) is 38.6 Å². The molecular formula is C35H55NO4. The van der Waals surface area contributed by atoms with Crippen LogP contribution in [-0.2, 0) is 19.1 Å². The van der Waals surface area contributed by atoms with Crippen LogP contribution >= 0.6 is 0 Å². The zero-order valence-corrected chi connectivity index (χ0v) is 26.3. The number of carbonyl (C=O) groups is 2. The topological polar surface area (TPSA) is 64.6 Å². The molecule has 1 N–H and O–H groups in total. The highest BCUT2D eigenvalue weighted by molar-refractivity contribution is 5.72. The van der Waals surface area contributed by atoms with E-state index in [9.17, 15) is 9.59 Å². The van der Waals surface area contributed by atoms with Crippen molar-refractivity contribution >= 4 is 11.9 Å². The molecular weight excluding hydrogens is 498 g/mol. The summed E-state index contributed by atoms with van der Waals surface area (Å²) in [4.78, 5) is 23.7. The molecule has 5 nitrogen and oxygen atoms in total. The molecule has 5 aliphatic rings. The van der Waals surface area contributed by atoms with Crippen LogP contribution in [-0.4, -0.2) is 30.6 Å². The molecule has 0 spiro atoms. The minimum Gasteiger partial charge on any atom is -0.494 e. The zero-order valence-electron chi connectivity index (χ0n) is 26.3. The van der Waals surface area contributed by atoms with E-state index in [1.54, 1.807) is 12.5 Å². The van der Waals surface area contributed by atoms with Gasteiger partial charge in [-0.05, 0) is 104 Å². The van der Waals surface area contributed by atoms with Crippen LogP contribution in [0.5, 0.6) is 0 Å². The minimum atomic E-state index is -0.00695. The predicted molar refractivity (Wildman–Crippen MR) is 159 cm³/mol. The average Bonchev–Trinajstić information content (AvgIpc) is 3.38. The first-order valence-corrected chi connectivity index (χ1v) is 16.4. The maximum Gasteiger partial charge on any atom is 0.306 e. The second-order valence-corrected chi connectivity index (χ2v) is 15.1. The largest absolute Gasteiger partial charge is 0.494 e. The lowest BCUT2D eigenvalue weighted by Crippen LogP contribution is -2.50. The van der Waals surface area contributed by atoms with Gasteiger partial charge < -0.3 is 14.8 Å². The Bertz CT molecular complexity index is 1040. The van der Waals surface area contributed by atoms with Crippen molar-refractivity contribution < 1.29 is 19.1 Å². The van der Waals surface area contributed by atoms with Gasteiger partial charge in [-0.2, -0.15) is 0 Å². The molecule has 1 heterocycles. The first-order valence-electron chi connectivity index (χ1n) is 16.4. The first kappa shape index (κ1) is 29.7. The molecule has 1 aliphatic heterocycles. The van der Waals surface area contributed by atoms with Crippen LogP contribution in [0.1, 0.15) is 119 Å². The monoisotopic (exact) mass is 553 g/mol. The van der Waals surface area contributed by atoms with Gasteiger partial charge in [0.1, 0.15) is 12.2 Å².